The first-order chi connectivity index (χ1) is 6.65. The molecule has 0 aromatic carbocycles. The van der Waals surface area contributed by atoms with Crippen LogP contribution in [-0.4, -0.2) is 12.6 Å². The van der Waals surface area contributed by atoms with E-state index in [1.165, 1.54) is 12.2 Å². The van der Waals surface area contributed by atoms with Gasteiger partial charge in [-0.15, -0.1) is 0 Å². The van der Waals surface area contributed by atoms with Crippen molar-refractivity contribution in [3.63, 3.8) is 0 Å². The fourth-order valence-corrected chi connectivity index (χ4v) is 1.84. The van der Waals surface area contributed by atoms with E-state index < -0.39 is 11.7 Å². The summed E-state index contributed by atoms with van der Waals surface area (Å²) in [6, 6.07) is 0. The molecule has 0 radical (unpaired) electrons. The van der Waals surface area contributed by atoms with Crippen LogP contribution in [0.5, 0.6) is 0 Å². The van der Waals surface area contributed by atoms with Crippen molar-refractivity contribution in [1.29, 1.82) is 0 Å². The predicted octanol–water partition coefficient (Wildman–Crippen LogP) is 2.13. The van der Waals surface area contributed by atoms with Crippen LogP contribution < -0.4 is 0 Å². The van der Waals surface area contributed by atoms with Gasteiger partial charge in [-0.2, -0.15) is 0 Å². The molecule has 1 saturated carbocycles. The normalized spacial score (nSPS) is 34.1. The van der Waals surface area contributed by atoms with Crippen molar-refractivity contribution in [2.24, 2.45) is 17.8 Å². The van der Waals surface area contributed by atoms with E-state index >= 15 is 0 Å². The Hall–Kier alpha value is -1.19. The van der Waals surface area contributed by atoms with Gasteiger partial charge in [0.15, 0.2) is 11.7 Å². The lowest BCUT2D eigenvalue weighted by atomic mass is 10.2. The first kappa shape index (κ1) is 9.37. The number of rotatable bonds is 2. The third-order valence-corrected chi connectivity index (χ3v) is 2.60. The topological polar surface area (TPSA) is 26.3 Å². The minimum Gasteiger partial charge on any atom is -0.466 e. The fraction of sp³-hybridized carbons (Fsp3) is 0.500. The predicted molar refractivity (Wildman–Crippen MR) is 45.5 cm³/mol. The molecule has 76 valence electrons. The van der Waals surface area contributed by atoms with Crippen molar-refractivity contribution in [1.82, 2.24) is 0 Å². The third-order valence-electron chi connectivity index (χ3n) is 2.60. The molecule has 0 heterocycles. The molecule has 0 aromatic heterocycles. The fourth-order valence-electron chi connectivity index (χ4n) is 1.84. The molecule has 2 rings (SSSR count). The second kappa shape index (κ2) is 3.19. The van der Waals surface area contributed by atoms with Crippen LogP contribution in [-0.2, 0) is 9.53 Å². The minimum absolute atomic E-state index is 0.200. The molecule has 2 nitrogen and oxygen atoms in total. The summed E-state index contributed by atoms with van der Waals surface area (Å²) in [5.74, 6) is -2.87. The number of allylic oxidation sites excluding steroid dienone is 4. The van der Waals surface area contributed by atoms with Gasteiger partial charge in [0.2, 0.25) is 0 Å². The summed E-state index contributed by atoms with van der Waals surface area (Å²) >= 11 is 0. The van der Waals surface area contributed by atoms with Gasteiger partial charge in [-0.3, -0.25) is 4.79 Å². The summed E-state index contributed by atoms with van der Waals surface area (Å²) in [4.78, 5) is 11.3. The molecular formula is C10H10F2O2. The number of hydrogen-bond acceptors (Lipinski definition) is 2. The van der Waals surface area contributed by atoms with Gasteiger partial charge in [0.25, 0.3) is 0 Å². The minimum atomic E-state index is -0.863. The summed E-state index contributed by atoms with van der Waals surface area (Å²) in [6.45, 7) is 2.00. The molecule has 2 unspecified atom stereocenters. The number of fused-ring (bicyclic) bond motifs is 1. The molecular weight excluding hydrogens is 190 g/mol. The number of ether oxygens (including phenoxy) is 1. The van der Waals surface area contributed by atoms with Gasteiger partial charge >= 0.3 is 5.97 Å². The maximum Gasteiger partial charge on any atom is 0.310 e. The molecule has 2 atom stereocenters. The van der Waals surface area contributed by atoms with Crippen LogP contribution in [0.3, 0.4) is 0 Å². The van der Waals surface area contributed by atoms with Crippen LogP contribution in [0, 0.1) is 17.8 Å². The lowest BCUT2D eigenvalue weighted by Crippen LogP contribution is -2.07. The highest BCUT2D eigenvalue weighted by atomic mass is 19.2. The Labute approximate surface area is 80.2 Å². The van der Waals surface area contributed by atoms with E-state index in [1.54, 1.807) is 6.92 Å². The van der Waals surface area contributed by atoms with Gasteiger partial charge in [0, 0.05) is 11.8 Å². The van der Waals surface area contributed by atoms with Crippen LogP contribution in [0.25, 0.3) is 0 Å². The second-order valence-electron chi connectivity index (χ2n) is 3.46. The zero-order chi connectivity index (χ0) is 10.3. The van der Waals surface area contributed by atoms with E-state index in [2.05, 4.69) is 0 Å². The average molecular weight is 200 g/mol. The van der Waals surface area contributed by atoms with Crippen molar-refractivity contribution in [3.8, 4) is 0 Å². The first-order valence-corrected chi connectivity index (χ1v) is 4.56. The molecule has 1 fully saturated rings. The molecule has 4 heteroatoms. The van der Waals surface area contributed by atoms with E-state index in [9.17, 15) is 13.6 Å². The Bertz CT molecular complexity index is 309. The maximum atomic E-state index is 12.7. The standard InChI is InChI=1S/C10H10F2O2/c1-2-14-10(13)9-5-3-7(11)8(12)4-6(5)9/h3-6,9H,2H2,1H3. The summed E-state index contributed by atoms with van der Waals surface area (Å²) < 4.78 is 30.3. The molecule has 2 aliphatic carbocycles. The summed E-state index contributed by atoms with van der Waals surface area (Å²) in [6.07, 6.45) is 2.34. The molecule has 14 heavy (non-hydrogen) atoms. The smallest absolute Gasteiger partial charge is 0.310 e. The van der Waals surface area contributed by atoms with Gasteiger partial charge < -0.3 is 4.74 Å². The number of carbonyl (C=O) groups excluding carboxylic acids is 1. The lowest BCUT2D eigenvalue weighted by molar-refractivity contribution is -0.145. The second-order valence-corrected chi connectivity index (χ2v) is 3.46. The van der Waals surface area contributed by atoms with Gasteiger partial charge in [0.05, 0.1) is 12.5 Å². The van der Waals surface area contributed by atoms with Crippen molar-refractivity contribution in [3.05, 3.63) is 23.8 Å². The van der Waals surface area contributed by atoms with E-state index in [-0.39, 0.29) is 23.7 Å². The highest BCUT2D eigenvalue weighted by Crippen LogP contribution is 2.53. The molecule has 0 spiro atoms. The zero-order valence-corrected chi connectivity index (χ0v) is 7.67. The van der Waals surface area contributed by atoms with E-state index in [1.807, 2.05) is 0 Å². The molecule has 0 amide bonds. The molecule has 2 aliphatic rings. The molecule has 0 saturated heterocycles. The Kier molecular flexibility index (Phi) is 2.13. The number of hydrogen-bond donors (Lipinski definition) is 0. The van der Waals surface area contributed by atoms with Crippen molar-refractivity contribution in [2.75, 3.05) is 6.61 Å². The zero-order valence-electron chi connectivity index (χ0n) is 7.67. The maximum absolute atomic E-state index is 12.7. The van der Waals surface area contributed by atoms with Gasteiger partial charge in [-0.25, -0.2) is 8.78 Å². The van der Waals surface area contributed by atoms with Crippen LogP contribution in [0.1, 0.15) is 6.92 Å². The highest BCUT2D eigenvalue weighted by molar-refractivity contribution is 5.78. The van der Waals surface area contributed by atoms with Crippen LogP contribution in [0.4, 0.5) is 8.78 Å². The Balaban J connectivity index is 2.07. The van der Waals surface area contributed by atoms with Gasteiger partial charge in [-0.1, -0.05) is 0 Å². The molecule has 0 aromatic rings. The summed E-state index contributed by atoms with van der Waals surface area (Å²) in [7, 11) is 0. The van der Waals surface area contributed by atoms with E-state index in [0.29, 0.717) is 6.61 Å². The van der Waals surface area contributed by atoms with Crippen LogP contribution in [0.2, 0.25) is 0 Å². The first-order valence-electron chi connectivity index (χ1n) is 4.56. The number of halogens is 2. The van der Waals surface area contributed by atoms with Crippen molar-refractivity contribution >= 4 is 5.97 Å². The Morgan fingerprint density at radius 3 is 2.29 bits per heavy atom. The number of esters is 1. The Morgan fingerprint density at radius 2 is 1.86 bits per heavy atom. The highest BCUT2D eigenvalue weighted by Gasteiger charge is 2.55. The third kappa shape index (κ3) is 1.35. The molecule has 0 N–H and O–H groups in total. The monoisotopic (exact) mass is 200 g/mol. The van der Waals surface area contributed by atoms with Crippen LogP contribution >= 0.6 is 0 Å². The molecule has 0 bridgehead atoms. The van der Waals surface area contributed by atoms with Gasteiger partial charge in [-0.05, 0) is 19.1 Å². The Morgan fingerprint density at radius 1 is 1.36 bits per heavy atom. The average Bonchev–Trinajstić information content (AvgIpc) is 2.79. The van der Waals surface area contributed by atoms with E-state index in [0.717, 1.165) is 0 Å². The van der Waals surface area contributed by atoms with Crippen LogP contribution in [0.15, 0.2) is 23.8 Å². The molecule has 0 aliphatic heterocycles. The van der Waals surface area contributed by atoms with Crippen molar-refractivity contribution < 1.29 is 18.3 Å². The SMILES string of the molecule is CCOC(=O)C1C2C=C(F)C(F)=CC21. The van der Waals surface area contributed by atoms with E-state index in [4.69, 9.17) is 4.74 Å². The largest absolute Gasteiger partial charge is 0.466 e. The number of carbonyl (C=O) groups is 1. The lowest BCUT2D eigenvalue weighted by Gasteiger charge is -1.97. The summed E-state index contributed by atoms with van der Waals surface area (Å²) in [5.41, 5.74) is 0. The quantitative estimate of drug-likeness (QED) is 0.638. The van der Waals surface area contributed by atoms with Gasteiger partial charge in [0.1, 0.15) is 0 Å². The van der Waals surface area contributed by atoms with Crippen molar-refractivity contribution in [2.45, 2.75) is 6.92 Å². The summed E-state index contributed by atoms with van der Waals surface area (Å²) in [5, 5.41) is 0.